The Balaban J connectivity index is 1.45. The molecule has 1 unspecified atom stereocenters. The van der Waals surface area contributed by atoms with Crippen LogP contribution in [-0.4, -0.2) is 66.8 Å². The van der Waals surface area contributed by atoms with Gasteiger partial charge >= 0.3 is 0 Å². The highest BCUT2D eigenvalue weighted by molar-refractivity contribution is 5.79. The van der Waals surface area contributed by atoms with Gasteiger partial charge in [0.15, 0.2) is 0 Å². The number of hydrogen-bond donors (Lipinski definition) is 1. The monoisotopic (exact) mass is 332 g/mol. The van der Waals surface area contributed by atoms with Crippen LogP contribution in [0.25, 0.3) is 0 Å². The summed E-state index contributed by atoms with van der Waals surface area (Å²) in [4.78, 5) is 16.9. The quantitative estimate of drug-likeness (QED) is 0.895. The zero-order valence-corrected chi connectivity index (χ0v) is 14.5. The van der Waals surface area contributed by atoms with Crippen LogP contribution in [0.3, 0.4) is 0 Å². The smallest absolute Gasteiger partial charge is 0.226 e. The summed E-state index contributed by atoms with van der Waals surface area (Å²) >= 11 is 0. The largest absolute Gasteiger partial charge is 0.508 e. The fourth-order valence-corrected chi connectivity index (χ4v) is 3.75. The average Bonchev–Trinajstić information content (AvgIpc) is 3.08. The number of rotatable bonds is 5. The summed E-state index contributed by atoms with van der Waals surface area (Å²) in [5.41, 5.74) is 0.866. The van der Waals surface area contributed by atoms with Gasteiger partial charge in [0, 0.05) is 39.3 Å². The summed E-state index contributed by atoms with van der Waals surface area (Å²) in [6, 6.07) is 7.28. The van der Waals surface area contributed by atoms with Crippen molar-refractivity contribution < 1.29 is 14.6 Å². The van der Waals surface area contributed by atoms with Gasteiger partial charge in [0.05, 0.1) is 13.0 Å². The Morgan fingerprint density at radius 3 is 2.79 bits per heavy atom. The Morgan fingerprint density at radius 1 is 1.33 bits per heavy atom. The van der Waals surface area contributed by atoms with Gasteiger partial charge in [0.25, 0.3) is 0 Å². The number of ether oxygens (including phenoxy) is 1. The van der Waals surface area contributed by atoms with Crippen molar-refractivity contribution in [1.29, 1.82) is 0 Å². The Labute approximate surface area is 144 Å². The first kappa shape index (κ1) is 17.2. The van der Waals surface area contributed by atoms with Crippen LogP contribution < -0.4 is 0 Å². The van der Waals surface area contributed by atoms with Crippen LogP contribution in [0.1, 0.15) is 24.8 Å². The first-order valence-corrected chi connectivity index (χ1v) is 8.95. The number of hydrogen-bond acceptors (Lipinski definition) is 4. The maximum atomic E-state index is 12.5. The second kappa shape index (κ2) is 7.99. The minimum Gasteiger partial charge on any atom is -0.508 e. The zero-order chi connectivity index (χ0) is 16.9. The number of amides is 1. The van der Waals surface area contributed by atoms with E-state index in [1.165, 1.54) is 6.42 Å². The van der Waals surface area contributed by atoms with E-state index in [1.54, 1.807) is 18.2 Å². The molecule has 2 heterocycles. The maximum absolute atomic E-state index is 12.5. The Kier molecular flexibility index (Phi) is 5.74. The van der Waals surface area contributed by atoms with Crippen LogP contribution in [0.4, 0.5) is 0 Å². The van der Waals surface area contributed by atoms with E-state index in [1.807, 2.05) is 18.0 Å². The van der Waals surface area contributed by atoms with Gasteiger partial charge in [-0.15, -0.1) is 0 Å². The lowest BCUT2D eigenvalue weighted by Crippen LogP contribution is -2.47. The normalized spacial score (nSPS) is 22.6. The topological polar surface area (TPSA) is 53.0 Å². The molecule has 1 N–H and O–H groups in total. The van der Waals surface area contributed by atoms with Crippen molar-refractivity contribution in [2.24, 2.45) is 5.92 Å². The summed E-state index contributed by atoms with van der Waals surface area (Å²) in [6.07, 6.45) is 3.61. The fourth-order valence-electron chi connectivity index (χ4n) is 3.75. The van der Waals surface area contributed by atoms with E-state index in [-0.39, 0.29) is 11.7 Å². The molecule has 5 heteroatoms. The Hall–Kier alpha value is -1.59. The molecular formula is C19H28N2O3. The molecule has 1 atom stereocenters. The number of likely N-dealkylation sites (N-methyl/N-ethyl adjacent to an activating group) is 1. The van der Waals surface area contributed by atoms with Crippen LogP contribution in [0.2, 0.25) is 0 Å². The molecule has 24 heavy (non-hydrogen) atoms. The molecule has 2 aliphatic heterocycles. The van der Waals surface area contributed by atoms with Gasteiger partial charge in [-0.25, -0.2) is 0 Å². The number of phenols is 1. The molecule has 2 fully saturated rings. The molecule has 1 amide bonds. The van der Waals surface area contributed by atoms with Gasteiger partial charge in [-0.2, -0.15) is 0 Å². The molecule has 2 saturated heterocycles. The predicted octanol–water partition coefficient (Wildman–Crippen LogP) is 1.89. The molecule has 0 spiro atoms. The lowest BCUT2D eigenvalue weighted by molar-refractivity contribution is -0.132. The molecule has 0 bridgehead atoms. The van der Waals surface area contributed by atoms with Crippen molar-refractivity contribution in [2.45, 2.75) is 31.7 Å². The highest BCUT2D eigenvalue weighted by Gasteiger charge is 2.27. The van der Waals surface area contributed by atoms with Crippen molar-refractivity contribution in [3.63, 3.8) is 0 Å². The summed E-state index contributed by atoms with van der Waals surface area (Å²) in [6.45, 7) is 5.07. The van der Waals surface area contributed by atoms with Crippen LogP contribution >= 0.6 is 0 Å². The van der Waals surface area contributed by atoms with E-state index in [4.69, 9.17) is 4.74 Å². The van der Waals surface area contributed by atoms with Gasteiger partial charge in [0.2, 0.25) is 5.91 Å². The van der Waals surface area contributed by atoms with Crippen LogP contribution in [0.15, 0.2) is 24.3 Å². The zero-order valence-electron chi connectivity index (χ0n) is 14.5. The lowest BCUT2D eigenvalue weighted by Gasteiger charge is -2.37. The van der Waals surface area contributed by atoms with E-state index in [0.29, 0.717) is 18.4 Å². The first-order valence-electron chi connectivity index (χ1n) is 8.95. The first-order chi connectivity index (χ1) is 11.6. The number of phenolic OH excluding ortho intramolecular Hbond substituents is 1. The van der Waals surface area contributed by atoms with Gasteiger partial charge in [0.1, 0.15) is 5.75 Å². The van der Waals surface area contributed by atoms with E-state index >= 15 is 0 Å². The van der Waals surface area contributed by atoms with Gasteiger partial charge in [-0.3, -0.25) is 4.79 Å². The van der Waals surface area contributed by atoms with E-state index in [0.717, 1.165) is 51.3 Å². The molecule has 0 radical (unpaired) electrons. The summed E-state index contributed by atoms with van der Waals surface area (Å²) in [7, 11) is 1.91. The highest BCUT2D eigenvalue weighted by Crippen LogP contribution is 2.21. The summed E-state index contributed by atoms with van der Waals surface area (Å²) in [5, 5.41) is 9.52. The number of piperidine rings is 1. The number of nitrogens with zero attached hydrogens (tertiary/aromatic N) is 2. The third kappa shape index (κ3) is 4.48. The van der Waals surface area contributed by atoms with Crippen molar-refractivity contribution in [3.8, 4) is 5.75 Å². The van der Waals surface area contributed by atoms with E-state index < -0.39 is 0 Å². The number of benzene rings is 1. The molecule has 2 aliphatic rings. The summed E-state index contributed by atoms with van der Waals surface area (Å²) < 4.78 is 5.46. The minimum atomic E-state index is 0.128. The van der Waals surface area contributed by atoms with Gasteiger partial charge < -0.3 is 19.6 Å². The molecule has 5 nitrogen and oxygen atoms in total. The number of aromatic hydroxyl groups is 1. The van der Waals surface area contributed by atoms with Gasteiger partial charge in [-0.1, -0.05) is 12.1 Å². The van der Waals surface area contributed by atoms with Crippen LogP contribution in [0.5, 0.6) is 5.75 Å². The minimum absolute atomic E-state index is 0.128. The lowest BCUT2D eigenvalue weighted by atomic mass is 10.0. The van der Waals surface area contributed by atoms with Crippen molar-refractivity contribution in [2.75, 3.05) is 39.9 Å². The molecule has 1 aromatic rings. The Bertz CT molecular complexity index is 549. The number of carbonyl (C=O) groups is 1. The van der Waals surface area contributed by atoms with E-state index in [9.17, 15) is 9.90 Å². The second-order valence-corrected chi connectivity index (χ2v) is 7.11. The van der Waals surface area contributed by atoms with Crippen LogP contribution in [-0.2, 0) is 16.0 Å². The van der Waals surface area contributed by atoms with Crippen molar-refractivity contribution in [1.82, 2.24) is 9.80 Å². The summed E-state index contributed by atoms with van der Waals surface area (Å²) in [5.74, 6) is 1.03. The van der Waals surface area contributed by atoms with Crippen molar-refractivity contribution >= 4 is 5.91 Å². The second-order valence-electron chi connectivity index (χ2n) is 7.11. The maximum Gasteiger partial charge on any atom is 0.226 e. The standard InChI is InChI=1S/C19H28N2O3/c1-20(19(23)12-15-3-2-4-18(22)11-15)17-5-8-21(9-6-17)13-16-7-10-24-14-16/h2-4,11,16-17,22H,5-10,12-14H2,1H3. The molecule has 132 valence electrons. The number of carbonyl (C=O) groups excluding carboxylic acids is 1. The third-order valence-electron chi connectivity index (χ3n) is 5.30. The Morgan fingerprint density at radius 2 is 2.12 bits per heavy atom. The predicted molar refractivity (Wildman–Crippen MR) is 93.0 cm³/mol. The number of likely N-dealkylation sites (tertiary alicyclic amines) is 1. The molecular weight excluding hydrogens is 304 g/mol. The van der Waals surface area contributed by atoms with E-state index in [2.05, 4.69) is 4.90 Å². The molecule has 0 saturated carbocycles. The van der Waals surface area contributed by atoms with Gasteiger partial charge in [-0.05, 0) is 42.9 Å². The molecule has 0 aromatic heterocycles. The fraction of sp³-hybridized carbons (Fsp3) is 0.632. The van der Waals surface area contributed by atoms with Crippen LogP contribution in [0, 0.1) is 5.92 Å². The third-order valence-corrected chi connectivity index (χ3v) is 5.30. The molecule has 3 rings (SSSR count). The van der Waals surface area contributed by atoms with Crippen molar-refractivity contribution in [3.05, 3.63) is 29.8 Å². The highest BCUT2D eigenvalue weighted by atomic mass is 16.5. The molecule has 1 aromatic carbocycles. The SMILES string of the molecule is CN(C(=O)Cc1cccc(O)c1)C1CCN(CC2CCOC2)CC1. The average molecular weight is 332 g/mol. The molecule has 0 aliphatic carbocycles.